The number of aliphatic hydroxyl groups excluding tert-OH is 2. The summed E-state index contributed by atoms with van der Waals surface area (Å²) in [6.07, 6.45) is 13.4. The maximum absolute atomic E-state index is 10.6. The highest BCUT2D eigenvalue weighted by atomic mass is 16.3. The molecular formula is C19H28O2. The number of allylic oxidation sites excluding steroid dienone is 4. The Kier molecular flexibility index (Phi) is 3.22. The summed E-state index contributed by atoms with van der Waals surface area (Å²) in [5.74, 6) is 3.55. The van der Waals surface area contributed by atoms with Gasteiger partial charge in [-0.2, -0.15) is 0 Å². The number of hydrogen-bond acceptors (Lipinski definition) is 2. The van der Waals surface area contributed by atoms with Gasteiger partial charge in [-0.1, -0.05) is 13.0 Å². The summed E-state index contributed by atoms with van der Waals surface area (Å²) in [5, 5.41) is 20.4. The Labute approximate surface area is 127 Å². The molecule has 0 aromatic rings. The molecule has 0 aromatic heterocycles. The molecule has 2 saturated carbocycles. The number of fused-ring (bicyclic) bond motifs is 5. The second-order valence-electron chi connectivity index (χ2n) is 7.87. The van der Waals surface area contributed by atoms with Crippen LogP contribution in [0.1, 0.15) is 58.3 Å². The number of hydrogen-bond donors (Lipinski definition) is 2. The molecule has 2 fully saturated rings. The predicted octanol–water partition coefficient (Wildman–Crippen LogP) is 4.36. The topological polar surface area (TPSA) is 40.5 Å². The van der Waals surface area contributed by atoms with Crippen LogP contribution in [0.3, 0.4) is 0 Å². The molecule has 21 heavy (non-hydrogen) atoms. The molecule has 0 amide bonds. The van der Waals surface area contributed by atoms with Crippen molar-refractivity contribution in [3.8, 4) is 0 Å². The minimum Gasteiger partial charge on any atom is -0.512 e. The average Bonchev–Trinajstić information content (AvgIpc) is 2.84. The molecule has 0 radical (unpaired) electrons. The maximum Gasteiger partial charge on any atom is 0.0925 e. The van der Waals surface area contributed by atoms with Gasteiger partial charge in [0.05, 0.1) is 11.9 Å². The molecule has 0 saturated heterocycles. The molecule has 0 spiro atoms. The fourth-order valence-electron chi connectivity index (χ4n) is 6.40. The van der Waals surface area contributed by atoms with Crippen LogP contribution in [0.2, 0.25) is 0 Å². The predicted molar refractivity (Wildman–Crippen MR) is 83.8 cm³/mol. The highest BCUT2D eigenvalue weighted by Crippen LogP contribution is 2.62. The van der Waals surface area contributed by atoms with Crippen molar-refractivity contribution in [2.24, 2.45) is 29.1 Å². The molecule has 0 heterocycles. The normalized spacial score (nSPS) is 48.8. The van der Waals surface area contributed by atoms with Gasteiger partial charge in [-0.15, -0.1) is 0 Å². The monoisotopic (exact) mass is 288 g/mol. The third kappa shape index (κ3) is 1.87. The number of rotatable bonds is 1. The van der Waals surface area contributed by atoms with Gasteiger partial charge in [0.1, 0.15) is 0 Å². The third-order valence-corrected chi connectivity index (χ3v) is 7.44. The van der Waals surface area contributed by atoms with E-state index in [1.165, 1.54) is 31.3 Å². The van der Waals surface area contributed by atoms with E-state index in [0.29, 0.717) is 11.7 Å². The van der Waals surface area contributed by atoms with Gasteiger partial charge in [0.15, 0.2) is 0 Å². The summed E-state index contributed by atoms with van der Waals surface area (Å²) >= 11 is 0. The van der Waals surface area contributed by atoms with Crippen LogP contribution in [0.25, 0.3) is 0 Å². The van der Waals surface area contributed by atoms with E-state index < -0.39 is 0 Å². The van der Waals surface area contributed by atoms with Crippen LogP contribution < -0.4 is 0 Å². The Morgan fingerprint density at radius 1 is 1.19 bits per heavy atom. The summed E-state index contributed by atoms with van der Waals surface area (Å²) in [7, 11) is 0. The van der Waals surface area contributed by atoms with Crippen molar-refractivity contribution in [3.63, 3.8) is 0 Å². The summed E-state index contributed by atoms with van der Waals surface area (Å²) in [5.41, 5.74) is 1.63. The average molecular weight is 288 g/mol. The van der Waals surface area contributed by atoms with E-state index in [4.69, 9.17) is 0 Å². The molecule has 4 aliphatic rings. The molecule has 4 rings (SSSR count). The van der Waals surface area contributed by atoms with E-state index in [1.54, 1.807) is 0 Å². The van der Waals surface area contributed by atoms with Crippen LogP contribution in [0, 0.1) is 29.1 Å². The van der Waals surface area contributed by atoms with E-state index in [-0.39, 0.29) is 11.5 Å². The second-order valence-corrected chi connectivity index (χ2v) is 7.87. The Morgan fingerprint density at radius 3 is 2.86 bits per heavy atom. The first-order chi connectivity index (χ1) is 10.2. The summed E-state index contributed by atoms with van der Waals surface area (Å²) in [4.78, 5) is 0. The molecule has 0 aromatic carbocycles. The van der Waals surface area contributed by atoms with Gasteiger partial charge < -0.3 is 10.2 Å². The number of aliphatic hydroxyl groups is 2. The lowest BCUT2D eigenvalue weighted by atomic mass is 9.52. The Morgan fingerprint density at radius 2 is 2.05 bits per heavy atom. The van der Waals surface area contributed by atoms with Crippen molar-refractivity contribution >= 4 is 0 Å². The van der Waals surface area contributed by atoms with Gasteiger partial charge >= 0.3 is 0 Å². The molecule has 2 nitrogen and oxygen atoms in total. The summed E-state index contributed by atoms with van der Waals surface area (Å²) in [6.45, 7) is 2.29. The summed E-state index contributed by atoms with van der Waals surface area (Å²) in [6, 6.07) is 0. The molecule has 0 bridgehead atoms. The van der Waals surface area contributed by atoms with E-state index >= 15 is 0 Å². The maximum atomic E-state index is 10.6. The highest BCUT2D eigenvalue weighted by Gasteiger charge is 2.56. The smallest absolute Gasteiger partial charge is 0.0925 e. The lowest BCUT2D eigenvalue weighted by molar-refractivity contribution is -0.0603. The first-order valence-corrected chi connectivity index (χ1v) is 8.93. The van der Waals surface area contributed by atoms with Gasteiger partial charge in [-0.25, -0.2) is 0 Å². The van der Waals surface area contributed by atoms with Crippen LogP contribution in [0.4, 0.5) is 0 Å². The standard InChI is InChI=1S/C19H28O2/c1-2-19-10-9-15-14-6-4-13(20)11-12(14)3-5-16(15)17(19)7-8-18(19)21/h3,11,14-18,20-21H,2,4-10H2,1H3/t14-,15+,16+,17-,18?,19?/m0/s1. The second kappa shape index (κ2) is 4.87. The zero-order valence-electron chi connectivity index (χ0n) is 13.1. The van der Waals surface area contributed by atoms with Gasteiger partial charge in [-0.05, 0) is 85.7 Å². The highest BCUT2D eigenvalue weighted by molar-refractivity contribution is 5.31. The van der Waals surface area contributed by atoms with Crippen molar-refractivity contribution in [2.75, 3.05) is 0 Å². The van der Waals surface area contributed by atoms with Crippen LogP contribution in [0.15, 0.2) is 23.5 Å². The minimum atomic E-state index is -0.0610. The first-order valence-electron chi connectivity index (χ1n) is 8.93. The molecule has 2 heteroatoms. The van der Waals surface area contributed by atoms with Crippen molar-refractivity contribution in [1.82, 2.24) is 0 Å². The lowest BCUT2D eigenvalue weighted by Crippen LogP contribution is -2.47. The quantitative estimate of drug-likeness (QED) is 0.752. The zero-order chi connectivity index (χ0) is 14.6. The fourth-order valence-corrected chi connectivity index (χ4v) is 6.40. The lowest BCUT2D eigenvalue weighted by Gasteiger charge is -2.53. The van der Waals surface area contributed by atoms with Crippen LogP contribution in [-0.4, -0.2) is 16.3 Å². The summed E-state index contributed by atoms with van der Waals surface area (Å²) < 4.78 is 0. The largest absolute Gasteiger partial charge is 0.512 e. The molecule has 4 aliphatic carbocycles. The Hall–Kier alpha value is -0.760. The van der Waals surface area contributed by atoms with Crippen LogP contribution >= 0.6 is 0 Å². The van der Waals surface area contributed by atoms with Crippen molar-refractivity contribution in [1.29, 1.82) is 0 Å². The molecule has 6 atom stereocenters. The van der Waals surface area contributed by atoms with Crippen LogP contribution in [0.5, 0.6) is 0 Å². The Bertz CT molecular complexity index is 492. The zero-order valence-corrected chi connectivity index (χ0v) is 13.1. The minimum absolute atomic E-state index is 0.0610. The van der Waals surface area contributed by atoms with Gasteiger partial charge in [0, 0.05) is 6.42 Å². The Balaban J connectivity index is 1.66. The van der Waals surface area contributed by atoms with Gasteiger partial charge in [-0.3, -0.25) is 0 Å². The van der Waals surface area contributed by atoms with Gasteiger partial charge in [0.25, 0.3) is 0 Å². The van der Waals surface area contributed by atoms with Crippen molar-refractivity contribution < 1.29 is 10.2 Å². The van der Waals surface area contributed by atoms with Gasteiger partial charge in [0.2, 0.25) is 0 Å². The van der Waals surface area contributed by atoms with E-state index in [9.17, 15) is 10.2 Å². The molecular weight excluding hydrogens is 260 g/mol. The van der Waals surface area contributed by atoms with Crippen molar-refractivity contribution in [2.45, 2.75) is 64.4 Å². The van der Waals surface area contributed by atoms with Crippen LogP contribution in [-0.2, 0) is 0 Å². The molecule has 0 aliphatic heterocycles. The SMILES string of the molecule is CCC12CC[C@H]3[C@@H](CC=C4C=C(O)CC[C@@H]43)[C@@H]1CCC2O. The molecule has 2 N–H and O–H groups in total. The van der Waals surface area contributed by atoms with Crippen molar-refractivity contribution in [3.05, 3.63) is 23.5 Å². The first kappa shape index (κ1) is 13.9. The van der Waals surface area contributed by atoms with E-state index in [1.807, 2.05) is 6.08 Å². The fraction of sp³-hybridized carbons (Fsp3) is 0.789. The van der Waals surface area contributed by atoms with E-state index in [2.05, 4.69) is 13.0 Å². The molecule has 116 valence electrons. The molecule has 2 unspecified atom stereocenters. The third-order valence-electron chi connectivity index (χ3n) is 7.44. The van der Waals surface area contributed by atoms with E-state index in [0.717, 1.165) is 43.4 Å².